The van der Waals surface area contributed by atoms with Crippen LogP contribution < -0.4 is 15.8 Å². The molecule has 0 saturated carbocycles. The van der Waals surface area contributed by atoms with Crippen LogP contribution in [-0.4, -0.2) is 41.5 Å². The number of rotatable bonds is 8. The minimum absolute atomic E-state index is 0.0967. The Morgan fingerprint density at radius 1 is 1.50 bits per heavy atom. The van der Waals surface area contributed by atoms with Crippen LogP contribution in [0.4, 0.5) is 5.69 Å². The molecule has 6 nitrogen and oxygen atoms in total. The fourth-order valence-electron chi connectivity index (χ4n) is 1.97. The fourth-order valence-corrected chi connectivity index (χ4v) is 1.97. The zero-order chi connectivity index (χ0) is 15.1. The molecule has 112 valence electrons. The third kappa shape index (κ3) is 4.71. The maximum absolute atomic E-state index is 10.8. The van der Waals surface area contributed by atoms with Crippen molar-refractivity contribution in [2.24, 2.45) is 0 Å². The summed E-state index contributed by atoms with van der Waals surface area (Å²) in [5.41, 5.74) is 7.42. The zero-order valence-electron chi connectivity index (χ0n) is 11.8. The first-order valence-electron chi connectivity index (χ1n) is 6.58. The Balaban J connectivity index is 2.64. The molecular weight excluding hydrogens is 260 g/mol. The molecule has 20 heavy (non-hydrogen) atoms. The van der Waals surface area contributed by atoms with Gasteiger partial charge in [0.1, 0.15) is 11.8 Å². The lowest BCUT2D eigenvalue weighted by Gasteiger charge is -2.19. The summed E-state index contributed by atoms with van der Waals surface area (Å²) in [4.78, 5) is 10.8. The maximum Gasteiger partial charge on any atom is 0.323 e. The number of ether oxygens (including phenoxy) is 1. The molecule has 0 aromatic heterocycles. The number of carboxylic acid groups (broad SMARTS) is 1. The SMILES string of the molecule is CCOc1ccc(CC(C)NC(CO)C(=O)O)cc1N. The summed E-state index contributed by atoms with van der Waals surface area (Å²) in [5, 5.41) is 20.7. The van der Waals surface area contributed by atoms with Crippen LogP contribution in [0.2, 0.25) is 0 Å². The molecule has 6 heteroatoms. The van der Waals surface area contributed by atoms with Gasteiger partial charge in [-0.1, -0.05) is 6.07 Å². The average molecular weight is 282 g/mol. The molecule has 0 aliphatic rings. The highest BCUT2D eigenvalue weighted by atomic mass is 16.5. The number of nitrogens with two attached hydrogens (primary N) is 1. The standard InChI is InChI=1S/C14H22N2O4/c1-3-20-13-5-4-10(7-11(13)15)6-9(2)16-12(8-17)14(18)19/h4-5,7,9,12,16-17H,3,6,8,15H2,1-2H3,(H,18,19). The number of carboxylic acids is 1. The van der Waals surface area contributed by atoms with E-state index in [2.05, 4.69) is 5.32 Å². The Kier molecular flexibility index (Phi) is 6.27. The van der Waals surface area contributed by atoms with Crippen LogP contribution in [0.15, 0.2) is 18.2 Å². The van der Waals surface area contributed by atoms with Gasteiger partial charge in [0.25, 0.3) is 0 Å². The Bertz CT molecular complexity index is 451. The van der Waals surface area contributed by atoms with Crippen molar-refractivity contribution in [3.8, 4) is 5.75 Å². The molecule has 0 saturated heterocycles. The average Bonchev–Trinajstić information content (AvgIpc) is 2.39. The van der Waals surface area contributed by atoms with Gasteiger partial charge in [0.15, 0.2) is 0 Å². The number of aliphatic hydroxyl groups is 1. The van der Waals surface area contributed by atoms with Gasteiger partial charge in [-0.15, -0.1) is 0 Å². The molecule has 0 heterocycles. The number of carbonyl (C=O) groups is 1. The number of hydrogen-bond acceptors (Lipinski definition) is 5. The second-order valence-electron chi connectivity index (χ2n) is 4.65. The zero-order valence-corrected chi connectivity index (χ0v) is 11.8. The van der Waals surface area contributed by atoms with E-state index in [1.165, 1.54) is 0 Å². The lowest BCUT2D eigenvalue weighted by Crippen LogP contribution is -2.45. The predicted molar refractivity (Wildman–Crippen MR) is 76.8 cm³/mol. The highest BCUT2D eigenvalue weighted by molar-refractivity contribution is 5.73. The first-order chi connectivity index (χ1) is 9.47. The van der Waals surface area contributed by atoms with Gasteiger partial charge >= 0.3 is 5.97 Å². The molecule has 5 N–H and O–H groups in total. The van der Waals surface area contributed by atoms with Crippen LogP contribution in [0.3, 0.4) is 0 Å². The second kappa shape index (κ2) is 7.72. The normalized spacial score (nSPS) is 13.8. The van der Waals surface area contributed by atoms with Crippen molar-refractivity contribution < 1.29 is 19.7 Å². The van der Waals surface area contributed by atoms with Crippen LogP contribution in [0.1, 0.15) is 19.4 Å². The second-order valence-corrected chi connectivity index (χ2v) is 4.65. The molecule has 0 aliphatic carbocycles. The van der Waals surface area contributed by atoms with Crippen LogP contribution in [0.25, 0.3) is 0 Å². The van der Waals surface area contributed by atoms with E-state index in [9.17, 15) is 4.79 Å². The van der Waals surface area contributed by atoms with Crippen LogP contribution >= 0.6 is 0 Å². The molecule has 1 aromatic rings. The largest absolute Gasteiger partial charge is 0.492 e. The van der Waals surface area contributed by atoms with Gasteiger partial charge in [-0.3, -0.25) is 10.1 Å². The molecule has 1 rings (SSSR count). The topological polar surface area (TPSA) is 105 Å². The number of aliphatic carboxylic acids is 1. The molecule has 1 aromatic carbocycles. The smallest absolute Gasteiger partial charge is 0.323 e. The van der Waals surface area contributed by atoms with Gasteiger partial charge in [0.2, 0.25) is 0 Å². The fraction of sp³-hybridized carbons (Fsp3) is 0.500. The highest BCUT2D eigenvalue weighted by Crippen LogP contribution is 2.23. The van der Waals surface area contributed by atoms with Crippen molar-refractivity contribution >= 4 is 11.7 Å². The maximum atomic E-state index is 10.8. The van der Waals surface area contributed by atoms with E-state index >= 15 is 0 Å². The monoisotopic (exact) mass is 282 g/mol. The molecular formula is C14H22N2O4. The van der Waals surface area contributed by atoms with Crippen LogP contribution in [-0.2, 0) is 11.2 Å². The van der Waals surface area contributed by atoms with Gasteiger partial charge in [-0.25, -0.2) is 0 Å². The van der Waals surface area contributed by atoms with E-state index in [-0.39, 0.29) is 6.04 Å². The Morgan fingerprint density at radius 3 is 2.70 bits per heavy atom. The van der Waals surface area contributed by atoms with E-state index in [0.717, 1.165) is 5.56 Å². The molecule has 0 fully saturated rings. The van der Waals surface area contributed by atoms with Gasteiger partial charge < -0.3 is 20.7 Å². The summed E-state index contributed by atoms with van der Waals surface area (Å²) in [6.07, 6.45) is 0.611. The van der Waals surface area contributed by atoms with Crippen molar-refractivity contribution in [3.63, 3.8) is 0 Å². The summed E-state index contributed by atoms with van der Waals surface area (Å²) < 4.78 is 5.36. The van der Waals surface area contributed by atoms with Crippen molar-refractivity contribution in [1.82, 2.24) is 5.32 Å². The molecule has 0 amide bonds. The van der Waals surface area contributed by atoms with Crippen molar-refractivity contribution in [2.75, 3.05) is 18.9 Å². The first-order valence-corrected chi connectivity index (χ1v) is 6.58. The molecule has 0 spiro atoms. The number of benzene rings is 1. The number of nitrogen functional groups attached to an aromatic ring is 1. The summed E-state index contributed by atoms with van der Waals surface area (Å²) in [6, 6.07) is 4.47. The number of nitrogens with one attached hydrogen (secondary N) is 1. The molecule has 0 aliphatic heterocycles. The molecule has 0 bridgehead atoms. The summed E-state index contributed by atoms with van der Waals surface area (Å²) >= 11 is 0. The van der Waals surface area contributed by atoms with Gasteiger partial charge in [-0.05, 0) is 38.0 Å². The lowest BCUT2D eigenvalue weighted by molar-refractivity contribution is -0.140. The van der Waals surface area contributed by atoms with Crippen molar-refractivity contribution in [2.45, 2.75) is 32.4 Å². The Labute approximate surface area is 118 Å². The first kappa shape index (κ1) is 16.3. The van der Waals surface area contributed by atoms with Gasteiger partial charge in [0, 0.05) is 6.04 Å². The quantitative estimate of drug-likeness (QED) is 0.521. The van der Waals surface area contributed by atoms with Crippen molar-refractivity contribution in [3.05, 3.63) is 23.8 Å². The highest BCUT2D eigenvalue weighted by Gasteiger charge is 2.18. The summed E-state index contributed by atoms with van der Waals surface area (Å²) in [7, 11) is 0. The third-order valence-electron chi connectivity index (χ3n) is 2.88. The Hall–Kier alpha value is -1.79. The van der Waals surface area contributed by atoms with E-state index in [1.54, 1.807) is 0 Å². The van der Waals surface area contributed by atoms with Crippen molar-refractivity contribution in [1.29, 1.82) is 0 Å². The summed E-state index contributed by atoms with van der Waals surface area (Å²) in [6.45, 7) is 3.86. The molecule has 2 atom stereocenters. The van der Waals surface area contributed by atoms with E-state index in [4.69, 9.17) is 20.7 Å². The van der Waals surface area contributed by atoms with E-state index in [1.807, 2.05) is 32.0 Å². The molecule has 0 radical (unpaired) electrons. The molecule has 2 unspecified atom stereocenters. The minimum Gasteiger partial charge on any atom is -0.492 e. The summed E-state index contributed by atoms with van der Waals surface area (Å²) in [5.74, 6) is -0.416. The van der Waals surface area contributed by atoms with Gasteiger partial charge in [0.05, 0.1) is 18.9 Å². The number of hydrogen-bond donors (Lipinski definition) is 4. The minimum atomic E-state index is -1.06. The van der Waals surface area contributed by atoms with Gasteiger partial charge in [-0.2, -0.15) is 0 Å². The lowest BCUT2D eigenvalue weighted by atomic mass is 10.1. The Morgan fingerprint density at radius 2 is 2.20 bits per heavy atom. The number of aliphatic hydroxyl groups excluding tert-OH is 1. The van der Waals surface area contributed by atoms with E-state index in [0.29, 0.717) is 24.5 Å². The predicted octanol–water partition coefficient (Wildman–Crippen LogP) is 0.634. The third-order valence-corrected chi connectivity index (χ3v) is 2.88. The van der Waals surface area contributed by atoms with Crippen LogP contribution in [0.5, 0.6) is 5.75 Å². The van der Waals surface area contributed by atoms with Crippen LogP contribution in [0, 0.1) is 0 Å². The number of anilines is 1. The van der Waals surface area contributed by atoms with E-state index < -0.39 is 18.6 Å².